The minimum Gasteiger partial charge on any atom is -0.481 e. The van der Waals surface area contributed by atoms with Crippen molar-refractivity contribution >= 4 is 17.8 Å². The zero-order chi connectivity index (χ0) is 13.8. The Kier molecular flexibility index (Phi) is 3.99. The Hall–Kier alpha value is -2.11. The van der Waals surface area contributed by atoms with Crippen LogP contribution in [0.3, 0.4) is 0 Å². The van der Waals surface area contributed by atoms with E-state index in [4.69, 9.17) is 5.11 Å². The number of amides is 2. The zero-order valence-electron chi connectivity index (χ0n) is 10.8. The molecule has 1 unspecified atom stereocenters. The lowest BCUT2D eigenvalue weighted by Crippen LogP contribution is -2.44. The summed E-state index contributed by atoms with van der Waals surface area (Å²) >= 11 is 0. The lowest BCUT2D eigenvalue weighted by molar-refractivity contribution is -0.143. The Bertz CT molecular complexity index is 490. The summed E-state index contributed by atoms with van der Waals surface area (Å²) in [7, 11) is 0. The first-order valence-corrected chi connectivity index (χ1v) is 6.27. The van der Waals surface area contributed by atoms with Gasteiger partial charge in [0.1, 0.15) is 5.82 Å². The summed E-state index contributed by atoms with van der Waals surface area (Å²) in [6.45, 7) is 2.76. The van der Waals surface area contributed by atoms with Crippen LogP contribution in [0.4, 0.5) is 10.6 Å². The first-order chi connectivity index (χ1) is 9.06. The number of anilines is 1. The molecular weight excluding hydrogens is 246 g/mol. The van der Waals surface area contributed by atoms with Crippen LogP contribution in [0.1, 0.15) is 18.4 Å². The maximum Gasteiger partial charge on any atom is 0.323 e. The molecular formula is C13H17N3O3. The van der Waals surface area contributed by atoms with Crippen LogP contribution in [0.25, 0.3) is 0 Å². The fraction of sp³-hybridized carbons (Fsp3) is 0.462. The monoisotopic (exact) mass is 263 g/mol. The molecule has 0 bridgehead atoms. The summed E-state index contributed by atoms with van der Waals surface area (Å²) in [4.78, 5) is 28.6. The Morgan fingerprint density at radius 1 is 1.53 bits per heavy atom. The smallest absolute Gasteiger partial charge is 0.323 e. The second-order valence-electron chi connectivity index (χ2n) is 4.77. The summed E-state index contributed by atoms with van der Waals surface area (Å²) in [6, 6.07) is 3.33. The van der Waals surface area contributed by atoms with E-state index in [9.17, 15) is 9.59 Å². The van der Waals surface area contributed by atoms with E-state index in [2.05, 4.69) is 10.3 Å². The molecule has 2 heterocycles. The van der Waals surface area contributed by atoms with E-state index < -0.39 is 11.9 Å². The van der Waals surface area contributed by atoms with Gasteiger partial charge >= 0.3 is 12.0 Å². The molecule has 0 radical (unpaired) electrons. The van der Waals surface area contributed by atoms with Crippen molar-refractivity contribution in [2.75, 3.05) is 18.4 Å². The largest absolute Gasteiger partial charge is 0.481 e. The number of aliphatic carboxylic acids is 1. The van der Waals surface area contributed by atoms with E-state index in [0.717, 1.165) is 5.56 Å². The van der Waals surface area contributed by atoms with Gasteiger partial charge in [0, 0.05) is 19.3 Å². The van der Waals surface area contributed by atoms with Crippen molar-refractivity contribution in [3.63, 3.8) is 0 Å². The Balaban J connectivity index is 1.98. The van der Waals surface area contributed by atoms with Crippen LogP contribution in [0.15, 0.2) is 18.3 Å². The highest BCUT2D eigenvalue weighted by Gasteiger charge is 2.28. The second kappa shape index (κ2) is 5.69. The van der Waals surface area contributed by atoms with E-state index in [1.165, 1.54) is 4.90 Å². The van der Waals surface area contributed by atoms with Crippen LogP contribution in [0.5, 0.6) is 0 Å². The van der Waals surface area contributed by atoms with Crippen LogP contribution in [-0.4, -0.2) is 40.1 Å². The Morgan fingerprint density at radius 2 is 2.32 bits per heavy atom. The molecule has 2 N–H and O–H groups in total. The Morgan fingerprint density at radius 3 is 3.00 bits per heavy atom. The van der Waals surface area contributed by atoms with Gasteiger partial charge in [-0.15, -0.1) is 0 Å². The zero-order valence-corrected chi connectivity index (χ0v) is 10.8. The highest BCUT2D eigenvalue weighted by molar-refractivity contribution is 5.88. The normalized spacial score (nSPS) is 19.0. The fourth-order valence-corrected chi connectivity index (χ4v) is 2.16. The van der Waals surface area contributed by atoms with Crippen molar-refractivity contribution in [1.82, 2.24) is 9.88 Å². The van der Waals surface area contributed by atoms with Crippen molar-refractivity contribution in [3.8, 4) is 0 Å². The molecule has 2 rings (SSSR count). The molecule has 0 saturated carbocycles. The number of hydrogen-bond donors (Lipinski definition) is 2. The van der Waals surface area contributed by atoms with Gasteiger partial charge in [-0.25, -0.2) is 9.78 Å². The predicted octanol–water partition coefficient (Wildman–Crippen LogP) is 1.72. The van der Waals surface area contributed by atoms with E-state index in [1.54, 1.807) is 12.3 Å². The predicted molar refractivity (Wildman–Crippen MR) is 69.9 cm³/mol. The molecule has 1 aromatic heterocycles. The lowest BCUT2D eigenvalue weighted by atomic mass is 9.99. The molecule has 102 valence electrons. The molecule has 2 amide bonds. The topological polar surface area (TPSA) is 82.5 Å². The number of piperidine rings is 1. The number of rotatable bonds is 2. The third-order valence-electron chi connectivity index (χ3n) is 3.21. The number of carbonyl (C=O) groups excluding carboxylic acids is 1. The average molecular weight is 263 g/mol. The first-order valence-electron chi connectivity index (χ1n) is 6.27. The van der Waals surface area contributed by atoms with Gasteiger partial charge in [0.15, 0.2) is 0 Å². The first kappa shape index (κ1) is 13.3. The number of pyridine rings is 1. The number of carbonyl (C=O) groups is 2. The summed E-state index contributed by atoms with van der Waals surface area (Å²) in [5, 5.41) is 11.7. The highest BCUT2D eigenvalue weighted by Crippen LogP contribution is 2.17. The van der Waals surface area contributed by atoms with Crippen LogP contribution in [0.2, 0.25) is 0 Å². The molecule has 1 saturated heterocycles. The summed E-state index contributed by atoms with van der Waals surface area (Å²) in [5.74, 6) is -0.821. The number of aromatic nitrogens is 1. The van der Waals surface area contributed by atoms with Gasteiger partial charge in [0.05, 0.1) is 5.92 Å². The van der Waals surface area contributed by atoms with Crippen LogP contribution < -0.4 is 5.32 Å². The maximum absolute atomic E-state index is 12.0. The van der Waals surface area contributed by atoms with Crippen molar-refractivity contribution in [2.45, 2.75) is 19.8 Å². The van der Waals surface area contributed by atoms with Gasteiger partial charge in [-0.3, -0.25) is 10.1 Å². The number of carboxylic acid groups (broad SMARTS) is 1. The molecule has 1 fully saturated rings. The van der Waals surface area contributed by atoms with E-state index >= 15 is 0 Å². The summed E-state index contributed by atoms with van der Waals surface area (Å²) < 4.78 is 0. The van der Waals surface area contributed by atoms with Crippen molar-refractivity contribution in [2.24, 2.45) is 5.92 Å². The lowest BCUT2D eigenvalue weighted by Gasteiger charge is -2.30. The van der Waals surface area contributed by atoms with Crippen LogP contribution in [0, 0.1) is 12.8 Å². The third-order valence-corrected chi connectivity index (χ3v) is 3.21. The fourth-order valence-electron chi connectivity index (χ4n) is 2.16. The van der Waals surface area contributed by atoms with Crippen molar-refractivity contribution < 1.29 is 14.7 Å². The number of likely N-dealkylation sites (tertiary alicyclic amines) is 1. The molecule has 0 aromatic carbocycles. The number of hydrogen-bond acceptors (Lipinski definition) is 3. The minimum absolute atomic E-state index is 0.257. The van der Waals surface area contributed by atoms with E-state index in [1.807, 2.05) is 13.0 Å². The van der Waals surface area contributed by atoms with Gasteiger partial charge in [-0.2, -0.15) is 0 Å². The SMILES string of the molecule is Cc1ccnc(NC(=O)N2CCCC(C(=O)O)C2)c1. The third kappa shape index (κ3) is 3.43. The molecule has 1 aliphatic heterocycles. The Labute approximate surface area is 111 Å². The molecule has 0 aliphatic carbocycles. The van der Waals surface area contributed by atoms with E-state index in [-0.39, 0.29) is 12.6 Å². The number of carboxylic acids is 1. The average Bonchev–Trinajstić information content (AvgIpc) is 2.39. The van der Waals surface area contributed by atoms with Gasteiger partial charge in [0.2, 0.25) is 0 Å². The molecule has 1 atom stereocenters. The number of nitrogens with one attached hydrogen (secondary N) is 1. The molecule has 0 spiro atoms. The minimum atomic E-state index is -0.841. The van der Waals surface area contributed by atoms with Gasteiger partial charge < -0.3 is 10.0 Å². The van der Waals surface area contributed by atoms with Crippen molar-refractivity contribution in [1.29, 1.82) is 0 Å². The molecule has 6 heteroatoms. The molecule has 6 nitrogen and oxygen atoms in total. The van der Waals surface area contributed by atoms with Crippen LogP contribution in [-0.2, 0) is 4.79 Å². The second-order valence-corrected chi connectivity index (χ2v) is 4.77. The summed E-state index contributed by atoms with van der Waals surface area (Å²) in [5.41, 5.74) is 1.01. The van der Waals surface area contributed by atoms with Crippen molar-refractivity contribution in [3.05, 3.63) is 23.9 Å². The number of urea groups is 1. The van der Waals surface area contributed by atoms with Gasteiger partial charge in [0.25, 0.3) is 0 Å². The molecule has 1 aromatic rings. The summed E-state index contributed by atoms with van der Waals surface area (Å²) in [6.07, 6.45) is 2.97. The van der Waals surface area contributed by atoms with Gasteiger partial charge in [-0.1, -0.05) is 0 Å². The number of nitrogens with zero attached hydrogens (tertiary/aromatic N) is 2. The molecule has 1 aliphatic rings. The molecule has 19 heavy (non-hydrogen) atoms. The van der Waals surface area contributed by atoms with E-state index in [0.29, 0.717) is 25.2 Å². The maximum atomic E-state index is 12.0. The number of aryl methyl sites for hydroxylation is 1. The highest BCUT2D eigenvalue weighted by atomic mass is 16.4. The van der Waals surface area contributed by atoms with Crippen LogP contribution >= 0.6 is 0 Å². The van der Waals surface area contributed by atoms with Gasteiger partial charge in [-0.05, 0) is 37.5 Å². The quantitative estimate of drug-likeness (QED) is 0.851. The standard InChI is InChI=1S/C13H17N3O3/c1-9-4-5-14-11(7-9)15-13(19)16-6-2-3-10(8-16)12(17)18/h4-5,7,10H,2-3,6,8H2,1H3,(H,17,18)(H,14,15,19).